The van der Waals surface area contributed by atoms with Crippen LogP contribution in [0.5, 0.6) is 5.75 Å². The SMILES string of the molecule is COc1ccc(C2CC(c3c(-c4ccccc4)c4cc(C)ccc4[nH]c3=O)=NN2C(=O)CCC(=O)[O-])cc1. The zero-order valence-corrected chi connectivity index (χ0v) is 21.1. The quantitative estimate of drug-likeness (QED) is 0.409. The van der Waals surface area contributed by atoms with Crippen molar-refractivity contribution in [3.05, 3.63) is 99.8 Å². The molecule has 0 spiro atoms. The van der Waals surface area contributed by atoms with Gasteiger partial charge in [-0.25, -0.2) is 5.01 Å². The maximum Gasteiger partial charge on any atom is 0.258 e. The third kappa shape index (κ3) is 4.80. The number of nitrogens with zero attached hydrogens (tertiary/aromatic N) is 2. The number of methoxy groups -OCH3 is 1. The van der Waals surface area contributed by atoms with Gasteiger partial charge in [0.05, 0.1) is 24.4 Å². The number of nitrogens with one attached hydrogen (secondary N) is 1. The van der Waals surface area contributed by atoms with Crippen LogP contribution in [-0.4, -0.2) is 34.7 Å². The lowest BCUT2D eigenvalue weighted by atomic mass is 9.90. The third-order valence-electron chi connectivity index (χ3n) is 6.73. The number of H-pyrrole nitrogens is 1. The van der Waals surface area contributed by atoms with Crippen molar-refractivity contribution in [3.63, 3.8) is 0 Å². The Kier molecular flexibility index (Phi) is 6.79. The second-order valence-corrected chi connectivity index (χ2v) is 9.27. The van der Waals surface area contributed by atoms with Crippen LogP contribution in [0.15, 0.2) is 82.7 Å². The van der Waals surface area contributed by atoms with Crippen molar-refractivity contribution in [2.24, 2.45) is 5.10 Å². The number of aliphatic carboxylic acids is 1. The van der Waals surface area contributed by atoms with Gasteiger partial charge in [0.1, 0.15) is 5.75 Å². The van der Waals surface area contributed by atoms with Gasteiger partial charge in [0.2, 0.25) is 5.91 Å². The molecule has 0 aliphatic carbocycles. The van der Waals surface area contributed by atoms with Crippen LogP contribution in [-0.2, 0) is 9.59 Å². The largest absolute Gasteiger partial charge is 0.550 e. The summed E-state index contributed by atoms with van der Waals surface area (Å²) in [6, 6.07) is 22.2. The van der Waals surface area contributed by atoms with Crippen molar-refractivity contribution >= 4 is 28.5 Å². The van der Waals surface area contributed by atoms with E-state index >= 15 is 0 Å². The molecule has 8 nitrogen and oxygen atoms in total. The fraction of sp³-hybridized carbons (Fsp3) is 0.200. The Morgan fingerprint density at radius 3 is 2.45 bits per heavy atom. The molecule has 0 saturated carbocycles. The number of aryl methyl sites for hydroxylation is 1. The molecule has 0 fully saturated rings. The highest BCUT2D eigenvalue weighted by molar-refractivity contribution is 6.13. The van der Waals surface area contributed by atoms with Crippen LogP contribution in [0.2, 0.25) is 0 Å². The molecule has 8 heteroatoms. The van der Waals surface area contributed by atoms with Gasteiger partial charge in [-0.1, -0.05) is 54.1 Å². The Morgan fingerprint density at radius 1 is 1.03 bits per heavy atom. The van der Waals surface area contributed by atoms with E-state index in [1.807, 2.05) is 67.6 Å². The number of hydrazone groups is 1. The second-order valence-electron chi connectivity index (χ2n) is 9.27. The lowest BCUT2D eigenvalue weighted by molar-refractivity contribution is -0.305. The minimum absolute atomic E-state index is 0.259. The van der Waals surface area contributed by atoms with Gasteiger partial charge in [0.25, 0.3) is 5.56 Å². The number of rotatable bonds is 7. The molecule has 1 N–H and O–H groups in total. The summed E-state index contributed by atoms with van der Waals surface area (Å²) < 4.78 is 5.27. The van der Waals surface area contributed by atoms with Crippen LogP contribution >= 0.6 is 0 Å². The molecule has 1 aliphatic rings. The van der Waals surface area contributed by atoms with Gasteiger partial charge >= 0.3 is 0 Å². The van der Waals surface area contributed by atoms with E-state index in [9.17, 15) is 19.5 Å². The smallest absolute Gasteiger partial charge is 0.258 e. The molecule has 1 atom stereocenters. The fourth-order valence-electron chi connectivity index (χ4n) is 4.89. The number of hydrogen-bond acceptors (Lipinski definition) is 6. The molecule has 2 heterocycles. The first kappa shape index (κ1) is 25.0. The zero-order chi connectivity index (χ0) is 26.8. The topological polar surface area (TPSA) is 115 Å². The lowest BCUT2D eigenvalue weighted by Gasteiger charge is -2.22. The molecule has 38 heavy (non-hydrogen) atoms. The number of hydrogen-bond donors (Lipinski definition) is 1. The minimum Gasteiger partial charge on any atom is -0.550 e. The number of pyridine rings is 1. The van der Waals surface area contributed by atoms with Crippen molar-refractivity contribution in [2.75, 3.05) is 7.11 Å². The number of carboxylic acids is 1. The molecule has 1 aromatic heterocycles. The van der Waals surface area contributed by atoms with Crippen LogP contribution in [0.3, 0.4) is 0 Å². The van der Waals surface area contributed by atoms with Crippen LogP contribution in [0.25, 0.3) is 22.0 Å². The number of aromatic nitrogens is 1. The number of carbonyl (C=O) groups is 2. The van der Waals surface area contributed by atoms with E-state index < -0.39 is 24.3 Å². The molecule has 4 aromatic rings. The number of carbonyl (C=O) groups excluding carboxylic acids is 2. The molecular weight excluding hydrogens is 482 g/mol. The van der Waals surface area contributed by atoms with E-state index in [0.717, 1.165) is 27.6 Å². The van der Waals surface area contributed by atoms with Gasteiger partial charge in [-0.05, 0) is 48.7 Å². The summed E-state index contributed by atoms with van der Waals surface area (Å²) >= 11 is 0. The highest BCUT2D eigenvalue weighted by Crippen LogP contribution is 2.37. The highest BCUT2D eigenvalue weighted by atomic mass is 16.5. The second kappa shape index (κ2) is 10.3. The van der Waals surface area contributed by atoms with Gasteiger partial charge in [0.15, 0.2) is 0 Å². The van der Waals surface area contributed by atoms with Crippen LogP contribution in [0, 0.1) is 6.92 Å². The number of benzene rings is 3. The summed E-state index contributed by atoms with van der Waals surface area (Å²) in [5, 5.41) is 17.9. The Bertz CT molecular complexity index is 1610. The van der Waals surface area contributed by atoms with Crippen LogP contribution in [0.1, 0.15) is 42.0 Å². The Labute approximate surface area is 219 Å². The molecular formula is C30H26N3O5-. The maximum absolute atomic E-state index is 13.6. The number of carboxylic acid groups (broad SMARTS) is 1. The first-order valence-corrected chi connectivity index (χ1v) is 12.3. The summed E-state index contributed by atoms with van der Waals surface area (Å²) in [4.78, 5) is 40.8. The molecule has 0 radical (unpaired) electrons. The van der Waals surface area contributed by atoms with Crippen molar-refractivity contribution in [3.8, 4) is 16.9 Å². The van der Waals surface area contributed by atoms with E-state index in [4.69, 9.17) is 4.74 Å². The van der Waals surface area contributed by atoms with Crippen molar-refractivity contribution in [2.45, 2.75) is 32.2 Å². The normalized spacial score (nSPS) is 14.9. The molecule has 1 amide bonds. The van der Waals surface area contributed by atoms with Crippen molar-refractivity contribution in [1.29, 1.82) is 0 Å². The molecule has 1 unspecified atom stereocenters. The number of fused-ring (bicyclic) bond motifs is 1. The average Bonchev–Trinajstić information content (AvgIpc) is 3.37. The Hall–Kier alpha value is -4.72. The predicted octanol–water partition coefficient (Wildman–Crippen LogP) is 3.72. The number of ether oxygens (including phenoxy) is 1. The Balaban J connectivity index is 1.68. The summed E-state index contributed by atoms with van der Waals surface area (Å²) in [5.74, 6) is -1.11. The van der Waals surface area contributed by atoms with E-state index in [0.29, 0.717) is 22.5 Å². The zero-order valence-electron chi connectivity index (χ0n) is 21.1. The minimum atomic E-state index is -1.31. The standard InChI is InChI=1S/C30H27N3O5/c1-18-8-13-23-22(16-18)28(20-6-4-3-5-7-20)29(30(37)31-23)24-17-25(19-9-11-21(38-2)12-10-19)33(32-24)26(34)14-15-27(35)36/h3-13,16,25H,14-15,17H2,1-2H3,(H,31,37)(H,35,36)/p-1. The summed E-state index contributed by atoms with van der Waals surface area (Å²) in [6.45, 7) is 1.99. The van der Waals surface area contributed by atoms with Gasteiger partial charge in [-0.2, -0.15) is 5.10 Å². The van der Waals surface area contributed by atoms with Crippen LogP contribution < -0.4 is 15.4 Å². The van der Waals surface area contributed by atoms with Crippen molar-refractivity contribution < 1.29 is 19.4 Å². The molecule has 5 rings (SSSR count). The van der Waals surface area contributed by atoms with Gasteiger partial charge in [0, 0.05) is 35.3 Å². The maximum atomic E-state index is 13.6. The number of aromatic amines is 1. The summed E-state index contributed by atoms with van der Waals surface area (Å²) in [6.07, 6.45) is -0.394. The third-order valence-corrected chi connectivity index (χ3v) is 6.73. The van der Waals surface area contributed by atoms with E-state index in [1.54, 1.807) is 19.2 Å². The molecule has 0 bridgehead atoms. The average molecular weight is 509 g/mol. The predicted molar refractivity (Wildman–Crippen MR) is 143 cm³/mol. The Morgan fingerprint density at radius 2 is 1.76 bits per heavy atom. The highest BCUT2D eigenvalue weighted by Gasteiger charge is 2.35. The summed E-state index contributed by atoms with van der Waals surface area (Å²) in [7, 11) is 1.57. The first-order valence-electron chi connectivity index (χ1n) is 12.3. The van der Waals surface area contributed by atoms with Gasteiger partial charge in [-0.3, -0.25) is 9.59 Å². The monoisotopic (exact) mass is 508 g/mol. The molecule has 192 valence electrons. The molecule has 1 aliphatic heterocycles. The van der Waals surface area contributed by atoms with E-state index in [2.05, 4.69) is 10.1 Å². The molecule has 0 saturated heterocycles. The van der Waals surface area contributed by atoms with Crippen molar-refractivity contribution in [1.82, 2.24) is 9.99 Å². The lowest BCUT2D eigenvalue weighted by Crippen LogP contribution is -2.29. The number of amides is 1. The molecule has 3 aromatic carbocycles. The van der Waals surface area contributed by atoms with Gasteiger partial charge < -0.3 is 19.6 Å². The van der Waals surface area contributed by atoms with Gasteiger partial charge in [-0.15, -0.1) is 0 Å². The van der Waals surface area contributed by atoms with Crippen LogP contribution in [0.4, 0.5) is 0 Å². The first-order chi connectivity index (χ1) is 18.4. The fourth-order valence-corrected chi connectivity index (χ4v) is 4.89. The van der Waals surface area contributed by atoms with E-state index in [1.165, 1.54) is 5.01 Å². The summed E-state index contributed by atoms with van der Waals surface area (Å²) in [5.41, 5.74) is 4.67. The van der Waals surface area contributed by atoms with E-state index in [-0.39, 0.29) is 18.4 Å².